The van der Waals surface area contributed by atoms with Gasteiger partial charge < -0.3 is 9.80 Å². The van der Waals surface area contributed by atoms with Crippen LogP contribution in [-0.4, -0.2) is 46.2 Å². The average Bonchev–Trinajstić information content (AvgIpc) is 2.74. The minimum atomic E-state index is -1.07. The monoisotopic (exact) mass is 405 g/mol. The summed E-state index contributed by atoms with van der Waals surface area (Å²) in [5.74, 6) is -0.651. The van der Waals surface area contributed by atoms with Gasteiger partial charge in [-0.3, -0.25) is 19.7 Å². The van der Waals surface area contributed by atoms with Crippen molar-refractivity contribution in [1.29, 1.82) is 0 Å². The zero-order valence-electron chi connectivity index (χ0n) is 17.2. The molecular formula is C23H23N3O4. The van der Waals surface area contributed by atoms with Gasteiger partial charge in [-0.15, -0.1) is 0 Å². The SMILES string of the molecule is C=Cc1cccc([N+](=O)[O-])c1C=C1C(=O)N(C)C(C)(Cc2ccccc2)C(=O)N1C. The minimum Gasteiger partial charge on any atom is -0.326 e. The molecule has 1 aliphatic heterocycles. The highest BCUT2D eigenvalue weighted by Crippen LogP contribution is 2.33. The first-order chi connectivity index (χ1) is 14.2. The number of hydrogen-bond donors (Lipinski definition) is 0. The van der Waals surface area contributed by atoms with E-state index in [4.69, 9.17) is 0 Å². The number of rotatable bonds is 5. The van der Waals surface area contributed by atoms with Gasteiger partial charge in [0.2, 0.25) is 0 Å². The molecule has 0 spiro atoms. The van der Waals surface area contributed by atoms with Crippen molar-refractivity contribution in [3.63, 3.8) is 0 Å². The molecule has 0 bridgehead atoms. The average molecular weight is 405 g/mol. The van der Waals surface area contributed by atoms with Crippen LogP contribution in [0.4, 0.5) is 5.69 Å². The number of hydrogen-bond acceptors (Lipinski definition) is 4. The highest BCUT2D eigenvalue weighted by molar-refractivity contribution is 6.09. The zero-order valence-corrected chi connectivity index (χ0v) is 17.2. The van der Waals surface area contributed by atoms with Crippen LogP contribution in [0.3, 0.4) is 0 Å². The molecule has 0 saturated carbocycles. The molecule has 0 N–H and O–H groups in total. The lowest BCUT2D eigenvalue weighted by atomic mass is 9.87. The van der Waals surface area contributed by atoms with Crippen LogP contribution < -0.4 is 0 Å². The second kappa shape index (κ2) is 7.94. The van der Waals surface area contributed by atoms with Gasteiger partial charge >= 0.3 is 0 Å². The number of amides is 2. The van der Waals surface area contributed by atoms with Gasteiger partial charge in [0.1, 0.15) is 11.2 Å². The van der Waals surface area contributed by atoms with E-state index < -0.39 is 10.5 Å². The predicted octanol–water partition coefficient (Wildman–Crippen LogP) is 3.51. The molecule has 1 unspecified atom stereocenters. The first-order valence-electron chi connectivity index (χ1n) is 9.42. The largest absolute Gasteiger partial charge is 0.326 e. The maximum Gasteiger partial charge on any atom is 0.277 e. The van der Waals surface area contributed by atoms with E-state index in [1.54, 1.807) is 26.1 Å². The lowest BCUT2D eigenvalue weighted by molar-refractivity contribution is -0.385. The molecule has 154 valence electrons. The second-order valence-electron chi connectivity index (χ2n) is 7.44. The van der Waals surface area contributed by atoms with Crippen LogP contribution in [-0.2, 0) is 16.0 Å². The Hall–Kier alpha value is -3.74. The standard InChI is InChI=1S/C23H23N3O4/c1-5-17-12-9-13-19(26(29)30)18(17)14-20-21(27)25(4)23(2,22(28)24(20)3)15-16-10-7-6-8-11-16/h5-14H,1,15H2,2-4H3. The number of nitro benzene ring substituents is 1. The molecule has 7 heteroatoms. The molecule has 0 radical (unpaired) electrons. The predicted molar refractivity (Wildman–Crippen MR) is 115 cm³/mol. The summed E-state index contributed by atoms with van der Waals surface area (Å²) >= 11 is 0. The van der Waals surface area contributed by atoms with Crippen molar-refractivity contribution in [2.75, 3.05) is 14.1 Å². The Kier molecular flexibility index (Phi) is 5.56. The fourth-order valence-corrected chi connectivity index (χ4v) is 3.70. The van der Waals surface area contributed by atoms with Crippen LogP contribution in [0, 0.1) is 10.1 Å². The van der Waals surface area contributed by atoms with Crippen molar-refractivity contribution in [3.8, 4) is 0 Å². The Morgan fingerprint density at radius 1 is 1.10 bits per heavy atom. The molecule has 1 saturated heterocycles. The molecule has 0 aliphatic carbocycles. The van der Waals surface area contributed by atoms with Crippen LogP contribution in [0.2, 0.25) is 0 Å². The highest BCUT2D eigenvalue weighted by atomic mass is 16.6. The van der Waals surface area contributed by atoms with Crippen LogP contribution in [0.5, 0.6) is 0 Å². The Balaban J connectivity index is 2.07. The molecule has 2 amide bonds. The van der Waals surface area contributed by atoms with Crippen LogP contribution in [0.1, 0.15) is 23.6 Å². The second-order valence-corrected chi connectivity index (χ2v) is 7.44. The van der Waals surface area contributed by atoms with Gasteiger partial charge in [-0.05, 0) is 24.1 Å². The van der Waals surface area contributed by atoms with E-state index in [1.165, 1.54) is 35.1 Å². The molecular weight excluding hydrogens is 382 g/mol. The summed E-state index contributed by atoms with van der Waals surface area (Å²) in [5, 5.41) is 11.5. The summed E-state index contributed by atoms with van der Waals surface area (Å²) in [7, 11) is 3.10. The Morgan fingerprint density at radius 2 is 1.77 bits per heavy atom. The van der Waals surface area contributed by atoms with Crippen molar-refractivity contribution in [2.45, 2.75) is 18.9 Å². The van der Waals surface area contributed by atoms with E-state index in [0.717, 1.165) is 5.56 Å². The molecule has 1 heterocycles. The quantitative estimate of drug-likeness (QED) is 0.433. The van der Waals surface area contributed by atoms with Gasteiger partial charge in [0.15, 0.2) is 0 Å². The maximum absolute atomic E-state index is 13.3. The van der Waals surface area contributed by atoms with Gasteiger partial charge in [0, 0.05) is 26.6 Å². The maximum atomic E-state index is 13.3. The summed E-state index contributed by atoms with van der Waals surface area (Å²) < 4.78 is 0. The molecule has 30 heavy (non-hydrogen) atoms. The van der Waals surface area contributed by atoms with E-state index in [9.17, 15) is 19.7 Å². The van der Waals surface area contributed by atoms with Gasteiger partial charge in [0.25, 0.3) is 17.5 Å². The van der Waals surface area contributed by atoms with Gasteiger partial charge in [0.05, 0.1) is 10.5 Å². The highest BCUT2D eigenvalue weighted by Gasteiger charge is 2.48. The van der Waals surface area contributed by atoms with Crippen LogP contribution >= 0.6 is 0 Å². The van der Waals surface area contributed by atoms with Crippen molar-refractivity contribution in [2.24, 2.45) is 0 Å². The van der Waals surface area contributed by atoms with Crippen molar-refractivity contribution >= 4 is 29.7 Å². The summed E-state index contributed by atoms with van der Waals surface area (Å²) in [4.78, 5) is 40.2. The molecule has 2 aromatic carbocycles. The Morgan fingerprint density at radius 3 is 2.37 bits per heavy atom. The van der Waals surface area contributed by atoms with Gasteiger partial charge in [-0.25, -0.2) is 0 Å². The fraction of sp³-hybridized carbons (Fsp3) is 0.217. The number of nitrogens with zero attached hydrogens (tertiary/aromatic N) is 3. The Labute approximate surface area is 175 Å². The van der Waals surface area contributed by atoms with Crippen molar-refractivity contribution in [3.05, 3.63) is 87.6 Å². The number of carbonyl (C=O) groups excluding carboxylic acids is 2. The zero-order chi connectivity index (χ0) is 22.1. The first-order valence-corrected chi connectivity index (χ1v) is 9.42. The summed E-state index contributed by atoms with van der Waals surface area (Å²) in [6, 6.07) is 14.1. The third kappa shape index (κ3) is 3.50. The van der Waals surface area contributed by atoms with Crippen molar-refractivity contribution in [1.82, 2.24) is 9.80 Å². The number of carbonyl (C=O) groups is 2. The van der Waals surface area contributed by atoms with Crippen LogP contribution in [0.15, 0.2) is 60.8 Å². The fourth-order valence-electron chi connectivity index (χ4n) is 3.70. The molecule has 2 aromatic rings. The van der Waals surface area contributed by atoms with Gasteiger partial charge in [-0.2, -0.15) is 0 Å². The lowest BCUT2D eigenvalue weighted by Crippen LogP contribution is -2.64. The first kappa shape index (κ1) is 21.0. The summed E-state index contributed by atoms with van der Waals surface area (Å²) in [6.45, 7) is 5.43. The topological polar surface area (TPSA) is 83.8 Å². The molecule has 7 nitrogen and oxygen atoms in total. The number of likely N-dealkylation sites (N-methyl/N-ethyl adjacent to an activating group) is 2. The molecule has 0 aromatic heterocycles. The van der Waals surface area contributed by atoms with E-state index in [-0.39, 0.29) is 28.8 Å². The summed E-state index contributed by atoms with van der Waals surface area (Å²) in [6.07, 6.45) is 3.24. The summed E-state index contributed by atoms with van der Waals surface area (Å²) in [5.41, 5.74) is 0.515. The number of nitro groups is 1. The number of benzene rings is 2. The van der Waals surface area contributed by atoms with E-state index in [0.29, 0.717) is 12.0 Å². The smallest absolute Gasteiger partial charge is 0.277 e. The van der Waals surface area contributed by atoms with E-state index in [2.05, 4.69) is 6.58 Å². The number of piperazine rings is 1. The molecule has 1 aliphatic rings. The van der Waals surface area contributed by atoms with Crippen molar-refractivity contribution < 1.29 is 14.5 Å². The third-order valence-electron chi connectivity index (χ3n) is 5.60. The van der Waals surface area contributed by atoms with Crippen LogP contribution in [0.25, 0.3) is 12.2 Å². The molecule has 1 fully saturated rings. The minimum absolute atomic E-state index is 0.0745. The molecule has 3 rings (SSSR count). The van der Waals surface area contributed by atoms with E-state index >= 15 is 0 Å². The third-order valence-corrected chi connectivity index (χ3v) is 5.60. The lowest BCUT2D eigenvalue weighted by Gasteiger charge is -2.45. The van der Waals surface area contributed by atoms with E-state index in [1.807, 2.05) is 30.3 Å². The normalized spacial score (nSPS) is 20.6. The Bertz CT molecular complexity index is 1060. The molecule has 1 atom stereocenters. The van der Waals surface area contributed by atoms with Gasteiger partial charge in [-0.1, -0.05) is 55.1 Å².